The van der Waals surface area contributed by atoms with Gasteiger partial charge in [0.25, 0.3) is 0 Å². The number of amides is 1. The highest BCUT2D eigenvalue weighted by molar-refractivity contribution is 6.04. The van der Waals surface area contributed by atoms with E-state index in [0.29, 0.717) is 22.9 Å². The number of benzene rings is 3. The molecule has 150 valence electrons. The van der Waals surface area contributed by atoms with Gasteiger partial charge < -0.3 is 24.3 Å². The molecule has 0 spiro atoms. The van der Waals surface area contributed by atoms with Crippen molar-refractivity contribution >= 4 is 28.4 Å². The van der Waals surface area contributed by atoms with Gasteiger partial charge in [0.05, 0.1) is 28.4 Å². The molecule has 0 bridgehead atoms. The fraction of sp³-hybridized carbons (Fsp3) is 0.174. The second-order valence-electron chi connectivity index (χ2n) is 6.14. The number of carbonyl (C=O) groups is 1. The molecule has 0 atom stereocenters. The molecule has 1 amide bonds. The lowest BCUT2D eigenvalue weighted by Gasteiger charge is -2.14. The number of methoxy groups -OCH3 is 4. The number of hydrogen-bond acceptors (Lipinski definition) is 5. The zero-order chi connectivity index (χ0) is 20.8. The van der Waals surface area contributed by atoms with Crippen molar-refractivity contribution in [3.63, 3.8) is 0 Å². The maximum Gasteiger partial charge on any atom is 0.248 e. The van der Waals surface area contributed by atoms with Gasteiger partial charge in [0.15, 0.2) is 11.5 Å². The molecule has 0 aliphatic carbocycles. The molecule has 0 unspecified atom stereocenters. The Hall–Kier alpha value is -3.67. The minimum Gasteiger partial charge on any atom is -0.496 e. The second-order valence-corrected chi connectivity index (χ2v) is 6.14. The van der Waals surface area contributed by atoms with Crippen molar-refractivity contribution in [1.82, 2.24) is 0 Å². The van der Waals surface area contributed by atoms with Crippen LogP contribution in [0.5, 0.6) is 23.0 Å². The third-order valence-electron chi connectivity index (χ3n) is 4.48. The van der Waals surface area contributed by atoms with Gasteiger partial charge in [-0.25, -0.2) is 0 Å². The Kier molecular flexibility index (Phi) is 6.24. The maximum absolute atomic E-state index is 12.5. The quantitative estimate of drug-likeness (QED) is 0.598. The Balaban J connectivity index is 1.85. The molecule has 0 heterocycles. The van der Waals surface area contributed by atoms with Gasteiger partial charge in [0.1, 0.15) is 5.75 Å². The van der Waals surface area contributed by atoms with Crippen molar-refractivity contribution in [1.29, 1.82) is 0 Å². The van der Waals surface area contributed by atoms with Crippen molar-refractivity contribution in [2.75, 3.05) is 33.8 Å². The number of nitrogens with one attached hydrogen (secondary N) is 1. The largest absolute Gasteiger partial charge is 0.496 e. The van der Waals surface area contributed by atoms with Crippen LogP contribution in [0.1, 0.15) is 5.56 Å². The molecule has 0 saturated heterocycles. The topological polar surface area (TPSA) is 66.0 Å². The second kappa shape index (κ2) is 9.01. The summed E-state index contributed by atoms with van der Waals surface area (Å²) in [6.07, 6.45) is 3.26. The fourth-order valence-corrected chi connectivity index (χ4v) is 3.12. The van der Waals surface area contributed by atoms with Crippen LogP contribution in [0, 0.1) is 0 Å². The molecule has 0 aliphatic rings. The highest BCUT2D eigenvalue weighted by Gasteiger charge is 2.14. The number of fused-ring (bicyclic) bond motifs is 1. The predicted octanol–water partition coefficient (Wildman–Crippen LogP) is 4.53. The van der Waals surface area contributed by atoms with Crippen LogP contribution in [0.4, 0.5) is 5.69 Å². The Morgan fingerprint density at radius 1 is 0.793 bits per heavy atom. The molecule has 29 heavy (non-hydrogen) atoms. The lowest BCUT2D eigenvalue weighted by atomic mass is 10.0. The van der Waals surface area contributed by atoms with Gasteiger partial charge in [-0.1, -0.05) is 30.3 Å². The van der Waals surface area contributed by atoms with Crippen LogP contribution in [-0.2, 0) is 4.79 Å². The Bertz CT molecular complexity index is 1030. The highest BCUT2D eigenvalue weighted by Crippen LogP contribution is 2.40. The summed E-state index contributed by atoms with van der Waals surface area (Å²) in [5, 5.41) is 4.81. The third kappa shape index (κ3) is 4.27. The Labute approximate surface area is 169 Å². The van der Waals surface area contributed by atoms with Crippen LogP contribution in [0.25, 0.3) is 16.8 Å². The number of ether oxygens (including phenoxy) is 4. The number of hydrogen-bond donors (Lipinski definition) is 1. The van der Waals surface area contributed by atoms with Crippen LogP contribution in [0.15, 0.2) is 54.6 Å². The molecule has 3 aromatic rings. The first-order valence-corrected chi connectivity index (χ1v) is 8.96. The molecule has 3 rings (SSSR count). The first-order chi connectivity index (χ1) is 14.1. The molecule has 0 saturated carbocycles. The van der Waals surface area contributed by atoms with Crippen molar-refractivity contribution in [3.05, 3.63) is 60.2 Å². The molecule has 6 heteroatoms. The molecule has 0 aliphatic heterocycles. The minimum absolute atomic E-state index is 0.279. The molecule has 0 aromatic heterocycles. The van der Waals surface area contributed by atoms with Crippen LogP contribution >= 0.6 is 0 Å². The van der Waals surface area contributed by atoms with E-state index in [4.69, 9.17) is 18.9 Å². The van der Waals surface area contributed by atoms with Crippen molar-refractivity contribution in [2.45, 2.75) is 0 Å². The number of anilines is 1. The maximum atomic E-state index is 12.5. The van der Waals surface area contributed by atoms with Gasteiger partial charge >= 0.3 is 0 Å². The van der Waals surface area contributed by atoms with Gasteiger partial charge in [0.2, 0.25) is 11.7 Å². The van der Waals surface area contributed by atoms with Crippen molar-refractivity contribution in [3.8, 4) is 23.0 Å². The molecule has 3 aromatic carbocycles. The number of rotatable bonds is 7. The first kappa shape index (κ1) is 20.1. The highest BCUT2D eigenvalue weighted by atomic mass is 16.5. The molecule has 0 radical (unpaired) electrons. The summed E-state index contributed by atoms with van der Waals surface area (Å²) in [5.74, 6) is 1.91. The molecular weight excluding hydrogens is 370 g/mol. The van der Waals surface area contributed by atoms with E-state index in [9.17, 15) is 4.79 Å². The van der Waals surface area contributed by atoms with Crippen LogP contribution in [0.2, 0.25) is 0 Å². The fourth-order valence-electron chi connectivity index (χ4n) is 3.12. The average Bonchev–Trinajstić information content (AvgIpc) is 2.76. The summed E-state index contributed by atoms with van der Waals surface area (Å²) >= 11 is 0. The van der Waals surface area contributed by atoms with Crippen LogP contribution in [0.3, 0.4) is 0 Å². The van der Waals surface area contributed by atoms with Gasteiger partial charge in [-0.2, -0.15) is 0 Å². The average molecular weight is 393 g/mol. The van der Waals surface area contributed by atoms with E-state index in [-0.39, 0.29) is 5.91 Å². The van der Waals surface area contributed by atoms with E-state index in [2.05, 4.69) is 5.32 Å². The lowest BCUT2D eigenvalue weighted by Crippen LogP contribution is -2.08. The van der Waals surface area contributed by atoms with Crippen molar-refractivity contribution in [2.24, 2.45) is 0 Å². The van der Waals surface area contributed by atoms with Crippen LogP contribution in [-0.4, -0.2) is 34.3 Å². The summed E-state index contributed by atoms with van der Waals surface area (Å²) < 4.78 is 21.3. The van der Waals surface area contributed by atoms with E-state index >= 15 is 0 Å². The molecule has 6 nitrogen and oxygen atoms in total. The zero-order valence-electron chi connectivity index (χ0n) is 16.8. The SMILES string of the molecule is COc1cc(NC(=O)/C=C/c2ccc(OC)c3ccccc23)cc(OC)c1OC. The summed E-state index contributed by atoms with van der Waals surface area (Å²) in [5.41, 5.74) is 1.45. The smallest absolute Gasteiger partial charge is 0.248 e. The van der Waals surface area contributed by atoms with Gasteiger partial charge in [-0.15, -0.1) is 0 Å². The Morgan fingerprint density at radius 3 is 2.00 bits per heavy atom. The van der Waals surface area contributed by atoms with Gasteiger partial charge in [-0.05, 0) is 23.1 Å². The van der Waals surface area contributed by atoms with E-state index in [0.717, 1.165) is 22.1 Å². The van der Waals surface area contributed by atoms with E-state index in [1.54, 1.807) is 25.3 Å². The summed E-state index contributed by atoms with van der Waals surface area (Å²) in [6.45, 7) is 0. The van der Waals surface area contributed by atoms with Crippen LogP contribution < -0.4 is 24.3 Å². The van der Waals surface area contributed by atoms with E-state index in [1.807, 2.05) is 36.4 Å². The lowest BCUT2D eigenvalue weighted by molar-refractivity contribution is -0.111. The normalized spacial score (nSPS) is 10.8. The number of carbonyl (C=O) groups excluding carboxylic acids is 1. The van der Waals surface area contributed by atoms with Gasteiger partial charge in [-0.3, -0.25) is 4.79 Å². The monoisotopic (exact) mass is 393 g/mol. The van der Waals surface area contributed by atoms with E-state index in [1.165, 1.54) is 27.4 Å². The molecule has 1 N–H and O–H groups in total. The summed E-state index contributed by atoms with van der Waals surface area (Å²) in [7, 11) is 6.22. The predicted molar refractivity (Wildman–Crippen MR) is 114 cm³/mol. The molecule has 0 fully saturated rings. The standard InChI is InChI=1S/C23H23NO5/c1-26-19-11-9-15(17-7-5-6-8-18(17)19)10-12-22(25)24-16-13-20(27-2)23(29-4)21(14-16)28-3/h5-14H,1-4H3,(H,24,25)/b12-10+. The van der Waals surface area contributed by atoms with Crippen molar-refractivity contribution < 1.29 is 23.7 Å². The summed E-state index contributed by atoms with van der Waals surface area (Å²) in [6, 6.07) is 15.1. The summed E-state index contributed by atoms with van der Waals surface area (Å²) in [4.78, 5) is 12.5. The molecular formula is C23H23NO5. The first-order valence-electron chi connectivity index (χ1n) is 8.96. The Morgan fingerprint density at radius 2 is 1.41 bits per heavy atom. The zero-order valence-corrected chi connectivity index (χ0v) is 16.8. The van der Waals surface area contributed by atoms with E-state index < -0.39 is 0 Å². The minimum atomic E-state index is -0.279. The third-order valence-corrected chi connectivity index (χ3v) is 4.48. The van der Waals surface area contributed by atoms with Gasteiger partial charge in [0, 0.05) is 29.3 Å².